The Bertz CT molecular complexity index is 641. The maximum absolute atomic E-state index is 10.5. The van der Waals surface area contributed by atoms with Crippen LogP contribution >= 0.6 is 0 Å². The quantitative estimate of drug-likeness (QED) is 0.579. The van der Waals surface area contributed by atoms with E-state index in [0.717, 1.165) is 0 Å². The normalized spacial score (nSPS) is 10.4. The van der Waals surface area contributed by atoms with Crippen molar-refractivity contribution < 1.29 is 19.3 Å². The standard InChI is InChI=1S/C15H15N3O6/c16-11(9-23-14-5-1-12(2-6-14)17(19)20)10-24-15-7-3-13(4-8-15)18(21)22/h1-8,11H,9-10,16H2. The van der Waals surface area contributed by atoms with Crippen molar-refractivity contribution in [2.45, 2.75) is 6.04 Å². The minimum Gasteiger partial charge on any atom is -0.492 e. The third-order valence-corrected chi connectivity index (χ3v) is 3.02. The number of hydrogen-bond acceptors (Lipinski definition) is 7. The van der Waals surface area contributed by atoms with E-state index in [1.807, 2.05) is 0 Å². The van der Waals surface area contributed by atoms with E-state index in [1.165, 1.54) is 48.5 Å². The fraction of sp³-hybridized carbons (Fsp3) is 0.200. The first-order valence-corrected chi connectivity index (χ1v) is 6.96. The fourth-order valence-corrected chi connectivity index (χ4v) is 1.78. The van der Waals surface area contributed by atoms with Crippen LogP contribution in [0.1, 0.15) is 0 Å². The molecule has 9 heteroatoms. The molecule has 0 heterocycles. The Labute approximate surface area is 136 Å². The topological polar surface area (TPSA) is 131 Å². The number of nitrogens with zero attached hydrogens (tertiary/aromatic N) is 2. The summed E-state index contributed by atoms with van der Waals surface area (Å²) in [5.74, 6) is 0.928. The molecule has 0 spiro atoms. The molecule has 2 aromatic carbocycles. The van der Waals surface area contributed by atoms with Crippen molar-refractivity contribution in [3.8, 4) is 11.5 Å². The number of rotatable bonds is 8. The van der Waals surface area contributed by atoms with Gasteiger partial charge in [0, 0.05) is 24.3 Å². The molecule has 0 bridgehead atoms. The number of nitro benzene ring substituents is 2. The van der Waals surface area contributed by atoms with Gasteiger partial charge >= 0.3 is 0 Å². The Balaban J connectivity index is 1.77. The molecular weight excluding hydrogens is 318 g/mol. The Kier molecular flexibility index (Phi) is 5.63. The van der Waals surface area contributed by atoms with Crippen LogP contribution in [-0.2, 0) is 0 Å². The molecule has 0 unspecified atom stereocenters. The SMILES string of the molecule is NC(COc1ccc([N+](=O)[O-])cc1)COc1ccc([N+](=O)[O-])cc1. The average molecular weight is 333 g/mol. The highest BCUT2D eigenvalue weighted by molar-refractivity contribution is 5.36. The smallest absolute Gasteiger partial charge is 0.269 e. The lowest BCUT2D eigenvalue weighted by atomic mass is 10.3. The summed E-state index contributed by atoms with van der Waals surface area (Å²) in [7, 11) is 0. The molecule has 9 nitrogen and oxygen atoms in total. The highest BCUT2D eigenvalue weighted by Crippen LogP contribution is 2.18. The average Bonchev–Trinajstić information content (AvgIpc) is 2.58. The van der Waals surface area contributed by atoms with Crippen molar-refractivity contribution >= 4 is 11.4 Å². The van der Waals surface area contributed by atoms with Crippen LogP contribution in [0.15, 0.2) is 48.5 Å². The van der Waals surface area contributed by atoms with Crippen molar-refractivity contribution in [2.24, 2.45) is 5.73 Å². The predicted molar refractivity (Wildman–Crippen MR) is 85.2 cm³/mol. The van der Waals surface area contributed by atoms with E-state index in [9.17, 15) is 20.2 Å². The molecule has 126 valence electrons. The molecule has 0 fully saturated rings. The number of nitrogens with two attached hydrogens (primary N) is 1. The number of ether oxygens (including phenoxy) is 2. The monoisotopic (exact) mass is 333 g/mol. The summed E-state index contributed by atoms with van der Waals surface area (Å²) in [5.41, 5.74) is 5.82. The predicted octanol–water partition coefficient (Wildman–Crippen LogP) is 2.29. The van der Waals surface area contributed by atoms with Crippen LogP contribution in [0.2, 0.25) is 0 Å². The second-order valence-electron chi connectivity index (χ2n) is 4.88. The largest absolute Gasteiger partial charge is 0.492 e. The van der Waals surface area contributed by atoms with Gasteiger partial charge in [-0.05, 0) is 24.3 Å². The molecule has 0 aliphatic heterocycles. The maximum Gasteiger partial charge on any atom is 0.269 e. The molecule has 0 amide bonds. The summed E-state index contributed by atoms with van der Waals surface area (Å²) < 4.78 is 10.8. The van der Waals surface area contributed by atoms with Gasteiger partial charge in [-0.25, -0.2) is 0 Å². The first-order valence-electron chi connectivity index (χ1n) is 6.96. The molecule has 24 heavy (non-hydrogen) atoms. The lowest BCUT2D eigenvalue weighted by Gasteiger charge is -2.14. The van der Waals surface area contributed by atoms with Gasteiger partial charge in [0.15, 0.2) is 0 Å². The Hall–Kier alpha value is -3.20. The van der Waals surface area contributed by atoms with Gasteiger partial charge in [0.25, 0.3) is 11.4 Å². The zero-order valence-electron chi connectivity index (χ0n) is 12.5. The van der Waals surface area contributed by atoms with Gasteiger partial charge in [-0.15, -0.1) is 0 Å². The van der Waals surface area contributed by atoms with Crippen LogP contribution < -0.4 is 15.2 Å². The van der Waals surface area contributed by atoms with Gasteiger partial charge in [0.05, 0.1) is 15.9 Å². The Morgan fingerprint density at radius 3 is 1.42 bits per heavy atom. The van der Waals surface area contributed by atoms with Crippen LogP contribution in [0.5, 0.6) is 11.5 Å². The first-order chi connectivity index (χ1) is 11.5. The number of nitro groups is 2. The number of hydrogen-bond donors (Lipinski definition) is 1. The van der Waals surface area contributed by atoms with Crippen molar-refractivity contribution in [1.29, 1.82) is 0 Å². The van der Waals surface area contributed by atoms with E-state index in [4.69, 9.17) is 15.2 Å². The highest BCUT2D eigenvalue weighted by atomic mass is 16.6. The molecule has 0 aliphatic rings. The zero-order chi connectivity index (χ0) is 17.5. The number of benzene rings is 2. The summed E-state index contributed by atoms with van der Waals surface area (Å²) in [6, 6.07) is 10.9. The summed E-state index contributed by atoms with van der Waals surface area (Å²) in [6.07, 6.45) is 0. The molecule has 2 rings (SSSR count). The Morgan fingerprint density at radius 1 is 0.792 bits per heavy atom. The molecule has 0 atom stereocenters. The third-order valence-electron chi connectivity index (χ3n) is 3.02. The zero-order valence-corrected chi connectivity index (χ0v) is 12.5. The lowest BCUT2D eigenvalue weighted by molar-refractivity contribution is -0.385. The van der Waals surface area contributed by atoms with Gasteiger partial charge in [0.2, 0.25) is 0 Å². The van der Waals surface area contributed by atoms with Crippen molar-refractivity contribution in [2.75, 3.05) is 13.2 Å². The van der Waals surface area contributed by atoms with Crippen LogP contribution in [0.25, 0.3) is 0 Å². The fourth-order valence-electron chi connectivity index (χ4n) is 1.78. The molecular formula is C15H15N3O6. The summed E-state index contributed by atoms with van der Waals surface area (Å²) in [6.45, 7) is 0.315. The maximum atomic E-state index is 10.5. The van der Waals surface area contributed by atoms with Crippen LogP contribution in [0.4, 0.5) is 11.4 Å². The molecule has 0 radical (unpaired) electrons. The number of non-ortho nitro benzene ring substituents is 2. The summed E-state index contributed by atoms with van der Waals surface area (Å²) in [5, 5.41) is 21.1. The van der Waals surface area contributed by atoms with Crippen LogP contribution in [0.3, 0.4) is 0 Å². The lowest BCUT2D eigenvalue weighted by Crippen LogP contribution is -2.34. The van der Waals surface area contributed by atoms with Gasteiger partial charge in [-0.1, -0.05) is 0 Å². The molecule has 0 aromatic heterocycles. The van der Waals surface area contributed by atoms with Gasteiger partial charge in [-0.2, -0.15) is 0 Å². The van der Waals surface area contributed by atoms with E-state index in [1.54, 1.807) is 0 Å². The highest BCUT2D eigenvalue weighted by Gasteiger charge is 2.09. The molecule has 2 aromatic rings. The van der Waals surface area contributed by atoms with E-state index in [2.05, 4.69) is 0 Å². The summed E-state index contributed by atoms with van der Waals surface area (Å²) >= 11 is 0. The second kappa shape index (κ2) is 7.88. The molecule has 0 aliphatic carbocycles. The van der Waals surface area contributed by atoms with Gasteiger partial charge in [0.1, 0.15) is 24.7 Å². The molecule has 0 saturated carbocycles. The van der Waals surface area contributed by atoms with Gasteiger partial charge < -0.3 is 15.2 Å². The minimum atomic E-state index is -0.493. The Morgan fingerprint density at radius 2 is 1.12 bits per heavy atom. The van der Waals surface area contributed by atoms with E-state index in [-0.39, 0.29) is 24.6 Å². The van der Waals surface area contributed by atoms with E-state index < -0.39 is 15.9 Å². The summed E-state index contributed by atoms with van der Waals surface area (Å²) in [4.78, 5) is 20.1. The van der Waals surface area contributed by atoms with Crippen LogP contribution in [-0.4, -0.2) is 29.1 Å². The molecule has 2 N–H and O–H groups in total. The third kappa shape index (κ3) is 4.92. The van der Waals surface area contributed by atoms with Crippen LogP contribution in [0, 0.1) is 20.2 Å². The van der Waals surface area contributed by atoms with Crippen molar-refractivity contribution in [3.05, 3.63) is 68.8 Å². The van der Waals surface area contributed by atoms with E-state index in [0.29, 0.717) is 11.5 Å². The van der Waals surface area contributed by atoms with Crippen molar-refractivity contribution in [1.82, 2.24) is 0 Å². The van der Waals surface area contributed by atoms with Gasteiger partial charge in [-0.3, -0.25) is 20.2 Å². The first kappa shape index (κ1) is 17.2. The van der Waals surface area contributed by atoms with E-state index >= 15 is 0 Å². The second-order valence-corrected chi connectivity index (χ2v) is 4.88. The minimum absolute atomic E-state index is 0.0202. The van der Waals surface area contributed by atoms with Crippen molar-refractivity contribution in [3.63, 3.8) is 0 Å². The molecule has 0 saturated heterocycles.